The highest BCUT2D eigenvalue weighted by atomic mass is 16.5. The number of ether oxygens (including phenoxy) is 1. The molecule has 0 unspecified atom stereocenters. The van der Waals surface area contributed by atoms with Gasteiger partial charge in [-0.25, -0.2) is 9.97 Å². The van der Waals surface area contributed by atoms with E-state index in [1.807, 2.05) is 30.3 Å². The van der Waals surface area contributed by atoms with Gasteiger partial charge in [0.25, 0.3) is 0 Å². The fourth-order valence-electron chi connectivity index (χ4n) is 3.96. The summed E-state index contributed by atoms with van der Waals surface area (Å²) in [5, 5.41) is 9.71. The number of benzene rings is 2. The summed E-state index contributed by atoms with van der Waals surface area (Å²) in [4.78, 5) is 19.8. The molecule has 0 spiro atoms. The fourth-order valence-corrected chi connectivity index (χ4v) is 3.96. The van der Waals surface area contributed by atoms with Crippen LogP contribution in [0.1, 0.15) is 31.5 Å². The Morgan fingerprint density at radius 1 is 1.06 bits per heavy atom. The van der Waals surface area contributed by atoms with E-state index in [1.165, 1.54) is 11.9 Å². The number of carboxylic acids is 1. The van der Waals surface area contributed by atoms with Gasteiger partial charge >= 0.3 is 5.97 Å². The Hall–Kier alpha value is -3.51. The number of hydrogen-bond acceptors (Lipinski definition) is 5. The molecule has 2 aromatic carbocycles. The molecule has 4 rings (SSSR count). The van der Waals surface area contributed by atoms with E-state index in [0.717, 1.165) is 40.0 Å². The lowest BCUT2D eigenvalue weighted by Gasteiger charge is -2.12. The lowest BCUT2D eigenvalue weighted by atomic mass is 9.95. The molecule has 2 heterocycles. The van der Waals surface area contributed by atoms with Crippen LogP contribution in [0.3, 0.4) is 0 Å². The summed E-state index contributed by atoms with van der Waals surface area (Å²) < 4.78 is 11.9. The van der Waals surface area contributed by atoms with Crippen LogP contribution in [0.2, 0.25) is 0 Å². The maximum atomic E-state index is 10.7. The Balaban J connectivity index is 1.74. The number of carbonyl (C=O) groups is 1. The smallest absolute Gasteiger partial charge is 0.305 e. The van der Waals surface area contributed by atoms with Crippen molar-refractivity contribution in [2.75, 3.05) is 13.2 Å². The first-order valence-electron chi connectivity index (χ1n) is 11.3. The number of nitrogens with zero attached hydrogens (tertiary/aromatic N) is 2. The van der Waals surface area contributed by atoms with E-state index in [-0.39, 0.29) is 18.9 Å². The number of fused-ring (bicyclic) bond motifs is 1. The average molecular weight is 445 g/mol. The molecule has 0 amide bonds. The van der Waals surface area contributed by atoms with Crippen LogP contribution in [-0.2, 0) is 22.4 Å². The lowest BCUT2D eigenvalue weighted by molar-refractivity contribution is -0.138. The third-order valence-corrected chi connectivity index (χ3v) is 5.66. The van der Waals surface area contributed by atoms with Crippen LogP contribution < -0.4 is 0 Å². The molecule has 0 aliphatic heterocycles. The third kappa shape index (κ3) is 5.29. The molecule has 0 saturated carbocycles. The van der Waals surface area contributed by atoms with Crippen molar-refractivity contribution in [3.63, 3.8) is 0 Å². The van der Waals surface area contributed by atoms with Crippen molar-refractivity contribution >= 4 is 17.1 Å². The van der Waals surface area contributed by atoms with Crippen molar-refractivity contribution in [2.24, 2.45) is 5.92 Å². The van der Waals surface area contributed by atoms with Gasteiger partial charge in [0.2, 0.25) is 5.71 Å². The monoisotopic (exact) mass is 444 g/mol. The number of rotatable bonds is 10. The van der Waals surface area contributed by atoms with Gasteiger partial charge in [-0.15, -0.1) is 0 Å². The Labute approximate surface area is 193 Å². The van der Waals surface area contributed by atoms with Gasteiger partial charge in [0.1, 0.15) is 12.1 Å². The molecule has 0 fully saturated rings. The predicted octanol–water partition coefficient (Wildman–Crippen LogP) is 5.79. The number of aryl methyl sites for hydroxylation is 1. The molecule has 4 aromatic rings. The molecule has 1 N–H and O–H groups in total. The minimum atomic E-state index is -0.856. The van der Waals surface area contributed by atoms with E-state index >= 15 is 0 Å². The summed E-state index contributed by atoms with van der Waals surface area (Å²) in [5.74, 6) is 0.0787. The van der Waals surface area contributed by atoms with Crippen LogP contribution >= 0.6 is 0 Å². The summed E-state index contributed by atoms with van der Waals surface area (Å²) >= 11 is 0. The number of carboxylic acid groups (broad SMARTS) is 1. The van der Waals surface area contributed by atoms with E-state index < -0.39 is 5.97 Å². The van der Waals surface area contributed by atoms with Crippen LogP contribution in [0.25, 0.3) is 33.6 Å². The van der Waals surface area contributed by atoms with Crippen LogP contribution in [0.15, 0.2) is 65.3 Å². The van der Waals surface area contributed by atoms with E-state index in [1.54, 1.807) is 0 Å². The van der Waals surface area contributed by atoms with Crippen molar-refractivity contribution in [3.8, 4) is 22.5 Å². The minimum absolute atomic E-state index is 0.00451. The first-order chi connectivity index (χ1) is 16.1. The Bertz CT molecular complexity index is 1220. The Kier molecular flexibility index (Phi) is 7.15. The fraction of sp³-hybridized carbons (Fsp3) is 0.296. The minimum Gasteiger partial charge on any atom is -0.481 e. The first-order valence-corrected chi connectivity index (χ1v) is 11.3. The molecule has 2 aromatic heterocycles. The zero-order valence-corrected chi connectivity index (χ0v) is 19.0. The number of aromatic nitrogens is 2. The highest BCUT2D eigenvalue weighted by Crippen LogP contribution is 2.41. The maximum absolute atomic E-state index is 10.7. The highest BCUT2D eigenvalue weighted by molar-refractivity contribution is 6.01. The SMILES string of the molecule is CCc1ccc(-c2c(-c3ccccc3)oc3ncnc(C[C@H](C)COCCC(=O)O)c23)cc1. The Morgan fingerprint density at radius 3 is 2.52 bits per heavy atom. The number of hydrogen-bond donors (Lipinski definition) is 1. The Morgan fingerprint density at radius 2 is 1.82 bits per heavy atom. The molecule has 0 bridgehead atoms. The summed E-state index contributed by atoms with van der Waals surface area (Å²) in [6, 6.07) is 18.6. The number of aliphatic carboxylic acids is 1. The van der Waals surface area contributed by atoms with Crippen LogP contribution in [0.4, 0.5) is 0 Å². The normalized spacial score (nSPS) is 12.2. The van der Waals surface area contributed by atoms with Crippen LogP contribution in [0.5, 0.6) is 0 Å². The maximum Gasteiger partial charge on any atom is 0.305 e. The quantitative estimate of drug-likeness (QED) is 0.312. The topological polar surface area (TPSA) is 85.5 Å². The standard InChI is InChI=1S/C27H28N2O4/c1-3-19-9-11-20(12-10-19)24-25-22(15-18(2)16-32-14-13-23(30)31)28-17-29-27(25)33-26(24)21-7-5-4-6-8-21/h4-12,17-18H,3,13-16H2,1-2H3,(H,30,31)/t18-/m0/s1. The molecule has 6 nitrogen and oxygen atoms in total. The van der Waals surface area contributed by atoms with Gasteiger partial charge in [-0.1, -0.05) is 68.4 Å². The molecule has 1 atom stereocenters. The summed E-state index contributed by atoms with van der Waals surface area (Å²) in [5.41, 5.74) is 5.78. The van der Waals surface area contributed by atoms with Crippen molar-refractivity contribution in [2.45, 2.75) is 33.1 Å². The van der Waals surface area contributed by atoms with Crippen molar-refractivity contribution < 1.29 is 19.1 Å². The third-order valence-electron chi connectivity index (χ3n) is 5.66. The van der Waals surface area contributed by atoms with Crippen molar-refractivity contribution in [3.05, 3.63) is 72.2 Å². The van der Waals surface area contributed by atoms with E-state index in [9.17, 15) is 4.79 Å². The predicted molar refractivity (Wildman–Crippen MR) is 128 cm³/mol. The molecular weight excluding hydrogens is 416 g/mol. The largest absolute Gasteiger partial charge is 0.481 e. The van der Waals surface area contributed by atoms with Gasteiger partial charge in [0.15, 0.2) is 0 Å². The van der Waals surface area contributed by atoms with E-state index in [2.05, 4.69) is 48.1 Å². The summed E-state index contributed by atoms with van der Waals surface area (Å²) in [6.45, 7) is 4.88. The van der Waals surface area contributed by atoms with Gasteiger partial charge in [0, 0.05) is 17.7 Å². The molecule has 6 heteroatoms. The van der Waals surface area contributed by atoms with Gasteiger partial charge in [-0.05, 0) is 29.9 Å². The second-order valence-corrected chi connectivity index (χ2v) is 8.25. The second-order valence-electron chi connectivity index (χ2n) is 8.25. The van der Waals surface area contributed by atoms with E-state index in [4.69, 9.17) is 14.3 Å². The van der Waals surface area contributed by atoms with Crippen LogP contribution in [-0.4, -0.2) is 34.3 Å². The average Bonchev–Trinajstić information content (AvgIpc) is 3.23. The molecule has 0 aliphatic rings. The van der Waals surface area contributed by atoms with Gasteiger partial charge in [0.05, 0.1) is 24.1 Å². The lowest BCUT2D eigenvalue weighted by Crippen LogP contribution is -2.12. The molecular formula is C27H28N2O4. The second kappa shape index (κ2) is 10.4. The molecule has 33 heavy (non-hydrogen) atoms. The molecule has 170 valence electrons. The zero-order valence-electron chi connectivity index (χ0n) is 19.0. The van der Waals surface area contributed by atoms with E-state index in [0.29, 0.717) is 18.7 Å². The van der Waals surface area contributed by atoms with Gasteiger partial charge in [-0.3, -0.25) is 4.79 Å². The zero-order chi connectivity index (χ0) is 23.2. The summed E-state index contributed by atoms with van der Waals surface area (Å²) in [6.07, 6.45) is 3.19. The van der Waals surface area contributed by atoms with Crippen molar-refractivity contribution in [1.82, 2.24) is 9.97 Å². The number of furan rings is 1. The van der Waals surface area contributed by atoms with Gasteiger partial charge in [-0.2, -0.15) is 0 Å². The van der Waals surface area contributed by atoms with Gasteiger partial charge < -0.3 is 14.3 Å². The highest BCUT2D eigenvalue weighted by Gasteiger charge is 2.22. The van der Waals surface area contributed by atoms with Crippen LogP contribution in [0, 0.1) is 5.92 Å². The molecule has 0 saturated heterocycles. The first kappa shape index (κ1) is 22.7. The molecule has 0 radical (unpaired) electrons. The molecule has 0 aliphatic carbocycles. The van der Waals surface area contributed by atoms with Crippen molar-refractivity contribution in [1.29, 1.82) is 0 Å². The summed E-state index contributed by atoms with van der Waals surface area (Å²) in [7, 11) is 0.